The summed E-state index contributed by atoms with van der Waals surface area (Å²) < 4.78 is 0.778. The smallest absolute Gasteiger partial charge is 0.323 e. The third kappa shape index (κ3) is 4.61. The van der Waals surface area contributed by atoms with E-state index in [2.05, 4.69) is 26.6 Å². The molecule has 0 spiro atoms. The predicted octanol–water partition coefficient (Wildman–Crippen LogP) is 3.72. The molecule has 0 bridgehead atoms. The maximum atomic E-state index is 11.9. The summed E-state index contributed by atoms with van der Waals surface area (Å²) in [5, 5.41) is 14.1. The highest BCUT2D eigenvalue weighted by molar-refractivity contribution is 9.10. The number of urea groups is 1. The van der Waals surface area contributed by atoms with Crippen molar-refractivity contribution >= 4 is 39.3 Å². The van der Waals surface area contributed by atoms with Crippen molar-refractivity contribution in [1.29, 1.82) is 0 Å². The number of carboxylic acids is 1. The number of halogens is 1. The summed E-state index contributed by atoms with van der Waals surface area (Å²) in [5.41, 5.74) is 1.82. The van der Waals surface area contributed by atoms with E-state index in [0.717, 1.165) is 4.47 Å². The average Bonchev–Trinajstić information content (AvgIpc) is 2.41. The molecule has 0 aliphatic carbocycles. The molecule has 21 heavy (non-hydrogen) atoms. The molecule has 0 unspecified atom stereocenters. The maximum Gasteiger partial charge on any atom is 0.323 e. The van der Waals surface area contributed by atoms with Gasteiger partial charge >= 0.3 is 12.0 Å². The molecule has 0 heterocycles. The van der Waals surface area contributed by atoms with Crippen LogP contribution in [0.25, 0.3) is 0 Å². The molecule has 2 aromatic carbocycles. The first-order valence-electron chi connectivity index (χ1n) is 6.18. The first-order chi connectivity index (χ1) is 10.0. The van der Waals surface area contributed by atoms with Crippen LogP contribution in [0.2, 0.25) is 0 Å². The molecule has 0 radical (unpaired) electrons. The maximum absolute atomic E-state index is 11.9. The van der Waals surface area contributed by atoms with Gasteiger partial charge in [0.2, 0.25) is 0 Å². The molecule has 0 saturated carbocycles. The van der Waals surface area contributed by atoms with Crippen LogP contribution in [0.15, 0.2) is 53.0 Å². The highest BCUT2D eigenvalue weighted by Gasteiger charge is 2.06. The zero-order chi connectivity index (χ0) is 15.2. The third-order valence-corrected chi connectivity index (χ3v) is 3.35. The number of anilines is 2. The van der Waals surface area contributed by atoms with Crippen molar-refractivity contribution in [3.05, 3.63) is 58.6 Å². The number of rotatable bonds is 4. The average molecular weight is 349 g/mol. The van der Waals surface area contributed by atoms with E-state index in [0.29, 0.717) is 16.9 Å². The van der Waals surface area contributed by atoms with E-state index in [-0.39, 0.29) is 6.42 Å². The van der Waals surface area contributed by atoms with Gasteiger partial charge in [0.25, 0.3) is 0 Å². The van der Waals surface area contributed by atoms with Crippen molar-refractivity contribution in [3.63, 3.8) is 0 Å². The van der Waals surface area contributed by atoms with E-state index < -0.39 is 12.0 Å². The Morgan fingerprint density at radius 3 is 2.52 bits per heavy atom. The summed E-state index contributed by atoms with van der Waals surface area (Å²) in [7, 11) is 0. The topological polar surface area (TPSA) is 78.4 Å². The Labute approximate surface area is 130 Å². The van der Waals surface area contributed by atoms with Crippen LogP contribution in [0, 0.1) is 0 Å². The van der Waals surface area contributed by atoms with E-state index in [4.69, 9.17) is 5.11 Å². The van der Waals surface area contributed by atoms with Gasteiger partial charge in [-0.1, -0.05) is 24.3 Å². The quantitative estimate of drug-likeness (QED) is 0.787. The van der Waals surface area contributed by atoms with Gasteiger partial charge in [-0.3, -0.25) is 4.79 Å². The van der Waals surface area contributed by atoms with Crippen LogP contribution in [0.3, 0.4) is 0 Å². The molecule has 0 aromatic heterocycles. The molecule has 5 nitrogen and oxygen atoms in total. The summed E-state index contributed by atoms with van der Waals surface area (Å²) >= 11 is 3.34. The Hall–Kier alpha value is -2.34. The number of hydrogen-bond donors (Lipinski definition) is 3. The second-order valence-electron chi connectivity index (χ2n) is 4.33. The van der Waals surface area contributed by atoms with Crippen LogP contribution in [-0.2, 0) is 11.2 Å². The summed E-state index contributed by atoms with van der Waals surface area (Å²) in [4.78, 5) is 22.6. The molecular formula is C15H13BrN2O3. The van der Waals surface area contributed by atoms with E-state index >= 15 is 0 Å². The zero-order valence-corrected chi connectivity index (χ0v) is 12.6. The predicted molar refractivity (Wildman–Crippen MR) is 84.6 cm³/mol. The van der Waals surface area contributed by atoms with Gasteiger partial charge in [-0.15, -0.1) is 0 Å². The standard InChI is InChI=1S/C15H13BrN2O3/c16-12-6-1-2-7-13(12)18-15(21)17-11-5-3-4-10(8-11)9-14(19)20/h1-8H,9H2,(H,19,20)(H2,17,18,21). The molecule has 0 fully saturated rings. The Morgan fingerprint density at radius 1 is 1.05 bits per heavy atom. The lowest BCUT2D eigenvalue weighted by molar-refractivity contribution is -0.136. The summed E-state index contributed by atoms with van der Waals surface area (Å²) in [5.74, 6) is -0.912. The van der Waals surface area contributed by atoms with Gasteiger partial charge in [-0.2, -0.15) is 0 Å². The Balaban J connectivity index is 2.03. The van der Waals surface area contributed by atoms with E-state index in [1.165, 1.54) is 0 Å². The van der Waals surface area contributed by atoms with Crippen molar-refractivity contribution in [2.24, 2.45) is 0 Å². The second-order valence-corrected chi connectivity index (χ2v) is 5.18. The van der Waals surface area contributed by atoms with Crippen LogP contribution in [-0.4, -0.2) is 17.1 Å². The number of hydrogen-bond acceptors (Lipinski definition) is 2. The monoisotopic (exact) mass is 348 g/mol. The van der Waals surface area contributed by atoms with Gasteiger partial charge in [0.05, 0.1) is 12.1 Å². The Kier molecular flexibility index (Phi) is 4.94. The van der Waals surface area contributed by atoms with E-state index in [1.807, 2.05) is 18.2 Å². The molecule has 2 rings (SSSR count). The van der Waals surface area contributed by atoms with E-state index in [9.17, 15) is 9.59 Å². The van der Waals surface area contributed by atoms with Gasteiger partial charge < -0.3 is 15.7 Å². The van der Waals surface area contributed by atoms with Gasteiger partial charge in [0.1, 0.15) is 0 Å². The number of carbonyl (C=O) groups is 2. The van der Waals surface area contributed by atoms with Gasteiger partial charge in [-0.05, 0) is 45.8 Å². The normalized spacial score (nSPS) is 9.95. The van der Waals surface area contributed by atoms with Crippen molar-refractivity contribution in [3.8, 4) is 0 Å². The van der Waals surface area contributed by atoms with Gasteiger partial charge in [0.15, 0.2) is 0 Å². The molecular weight excluding hydrogens is 336 g/mol. The van der Waals surface area contributed by atoms with E-state index in [1.54, 1.807) is 30.3 Å². The minimum Gasteiger partial charge on any atom is -0.481 e. The molecule has 3 N–H and O–H groups in total. The van der Waals surface area contributed by atoms with Gasteiger partial charge in [-0.25, -0.2) is 4.79 Å². The first-order valence-corrected chi connectivity index (χ1v) is 6.97. The summed E-state index contributed by atoms with van der Waals surface area (Å²) in [6.07, 6.45) is -0.0820. The number of nitrogens with one attached hydrogen (secondary N) is 2. The molecule has 0 atom stereocenters. The Morgan fingerprint density at radius 2 is 1.81 bits per heavy atom. The van der Waals surface area contributed by atoms with Crippen LogP contribution in [0.4, 0.5) is 16.2 Å². The van der Waals surface area contributed by atoms with Crippen LogP contribution in [0.1, 0.15) is 5.56 Å². The first kappa shape index (κ1) is 15.1. The molecule has 0 aliphatic rings. The lowest BCUT2D eigenvalue weighted by Crippen LogP contribution is -2.19. The second kappa shape index (κ2) is 6.90. The number of carboxylic acid groups (broad SMARTS) is 1. The number of aliphatic carboxylic acids is 1. The number of carbonyl (C=O) groups excluding carboxylic acids is 1. The fraction of sp³-hybridized carbons (Fsp3) is 0.0667. The van der Waals surface area contributed by atoms with Crippen molar-refractivity contribution in [2.45, 2.75) is 6.42 Å². The van der Waals surface area contributed by atoms with Crippen LogP contribution in [0.5, 0.6) is 0 Å². The zero-order valence-electron chi connectivity index (χ0n) is 11.0. The highest BCUT2D eigenvalue weighted by atomic mass is 79.9. The summed E-state index contributed by atoms with van der Waals surface area (Å²) in [6.45, 7) is 0. The fourth-order valence-electron chi connectivity index (χ4n) is 1.78. The number of amides is 2. The number of benzene rings is 2. The van der Waals surface area contributed by atoms with Crippen LogP contribution < -0.4 is 10.6 Å². The minimum absolute atomic E-state index is 0.0820. The van der Waals surface area contributed by atoms with Crippen molar-refractivity contribution in [1.82, 2.24) is 0 Å². The third-order valence-electron chi connectivity index (χ3n) is 2.66. The SMILES string of the molecule is O=C(O)Cc1cccc(NC(=O)Nc2ccccc2Br)c1. The minimum atomic E-state index is -0.912. The largest absolute Gasteiger partial charge is 0.481 e. The van der Waals surface area contributed by atoms with Gasteiger partial charge in [0, 0.05) is 10.2 Å². The Bertz CT molecular complexity index is 673. The van der Waals surface area contributed by atoms with Crippen molar-refractivity contribution in [2.75, 3.05) is 10.6 Å². The summed E-state index contributed by atoms with van der Waals surface area (Å²) in [6, 6.07) is 13.6. The highest BCUT2D eigenvalue weighted by Crippen LogP contribution is 2.21. The lowest BCUT2D eigenvalue weighted by Gasteiger charge is -2.09. The molecule has 108 valence electrons. The van der Waals surface area contributed by atoms with Crippen LogP contribution >= 0.6 is 15.9 Å². The molecule has 2 amide bonds. The lowest BCUT2D eigenvalue weighted by atomic mass is 10.1. The number of para-hydroxylation sites is 1. The molecule has 6 heteroatoms. The molecule has 2 aromatic rings. The van der Waals surface area contributed by atoms with Crippen molar-refractivity contribution < 1.29 is 14.7 Å². The molecule has 0 saturated heterocycles. The fourth-order valence-corrected chi connectivity index (χ4v) is 2.16. The molecule has 0 aliphatic heterocycles.